The first-order valence-electron chi connectivity index (χ1n) is 39.0. The molecule has 20 rings (SSSR count). The Bertz CT molecular complexity index is 7490. The van der Waals surface area contributed by atoms with Gasteiger partial charge in [0.1, 0.15) is 124 Å². The fraction of sp³-hybridized carbons (Fsp3) is 0.118. The highest BCUT2D eigenvalue weighted by atomic mass is 79.9. The van der Waals surface area contributed by atoms with Crippen LogP contribution < -0.4 is 55.7 Å². The van der Waals surface area contributed by atoms with Crippen LogP contribution in [-0.2, 0) is 33.0 Å². The van der Waals surface area contributed by atoms with Crippen LogP contribution in [0.5, 0.6) is 40.2 Å². The molecule has 1 aliphatic heterocycles. The summed E-state index contributed by atoms with van der Waals surface area (Å²) in [6.45, 7) is 17.3. The summed E-state index contributed by atoms with van der Waals surface area (Å²) in [5.41, 5.74) is 12.1. The summed E-state index contributed by atoms with van der Waals surface area (Å²) in [6, 6.07) is 84.0. The maximum absolute atomic E-state index is 11.5. The van der Waals surface area contributed by atoms with Crippen LogP contribution in [0.2, 0.25) is 5.02 Å². The lowest BCUT2D eigenvalue weighted by Crippen LogP contribution is -2.02. The van der Waals surface area contributed by atoms with Crippen LogP contribution in [0.3, 0.4) is 0 Å². The zero-order valence-electron chi connectivity index (χ0n) is 67.3. The van der Waals surface area contributed by atoms with Gasteiger partial charge in [0.15, 0.2) is 11.3 Å². The third-order valence-electron chi connectivity index (χ3n) is 20.4. The molecule has 0 bridgehead atoms. The minimum atomic E-state index is -0.369. The van der Waals surface area contributed by atoms with Crippen molar-refractivity contribution in [3.63, 3.8) is 0 Å². The number of ether oxygens (including phenoxy) is 7. The van der Waals surface area contributed by atoms with Crippen molar-refractivity contribution >= 4 is 131 Å². The molecular formula is C102H78BrClO18. The van der Waals surface area contributed by atoms with E-state index in [-0.39, 0.29) is 29.1 Å². The fourth-order valence-electron chi connectivity index (χ4n) is 14.4. The third kappa shape index (κ3) is 19.3. The summed E-state index contributed by atoms with van der Waals surface area (Å²) in [5, 5.41) is 12.1. The number of halogens is 2. The molecule has 20 heteroatoms. The molecule has 1 aliphatic rings. The molecule has 0 radical (unpaired) electrons. The molecule has 0 saturated carbocycles. The Morgan fingerprint density at radius 3 is 1.36 bits per heavy atom. The van der Waals surface area contributed by atoms with Crippen molar-refractivity contribution in [3.8, 4) is 40.2 Å². The number of fused-ring (bicyclic) bond motifs is 10. The van der Waals surface area contributed by atoms with Gasteiger partial charge in [-0.2, -0.15) is 0 Å². The van der Waals surface area contributed by atoms with Crippen LogP contribution in [0.15, 0.2) is 340 Å². The van der Waals surface area contributed by atoms with Gasteiger partial charge in [0, 0.05) is 107 Å². The standard InChI is InChI=1S/C21H18O5.2C21H16O3.C20H15ClO3.C19H13BrO4/c1-12-6-14-9-16(25-21(14)19(7-12)23-3)11-24-15-4-5-17-13(2)8-20(22)26-18(17)10-15;1-14-11-21(22)24-20-12-17(9-10-18(14)20)23-13-16-7-4-6-15-5-2-3-8-19(15)16;1-14-10-21(22)24-20-12-18(8-9-19(14)20)23-13-15-6-7-16-4-2-3-5-17(16)11-15;1-12-7-13(2)23-20-10-16(4-5-18(12)20)22-11-17-9-14-8-15(21)3-6-19(14)24-17;1-11-6-19(21)24-18-9-14(3-4-16(11)18)22-10-15-8-12-7-13(20)2-5-17(12)23-15/h4-10H,11H2,1-3H3;2*2-12H,13H2,1H3;3-10H,2,11H2,1H3;2-9H,10H2,1H3. The van der Waals surface area contributed by atoms with Gasteiger partial charge in [-0.05, 0) is 247 Å². The van der Waals surface area contributed by atoms with E-state index in [0.717, 1.165) is 126 Å². The second-order valence-electron chi connectivity index (χ2n) is 29.3. The van der Waals surface area contributed by atoms with Crippen LogP contribution in [0, 0.1) is 34.6 Å². The highest BCUT2D eigenvalue weighted by molar-refractivity contribution is 9.10. The smallest absolute Gasteiger partial charge is 0.336 e. The molecule has 0 unspecified atom stereocenters. The molecule has 0 saturated heterocycles. The third-order valence-corrected chi connectivity index (χ3v) is 21.1. The van der Waals surface area contributed by atoms with Crippen molar-refractivity contribution in [2.75, 3.05) is 7.11 Å². The number of methoxy groups -OCH3 is 1. The molecule has 608 valence electrons. The first-order chi connectivity index (χ1) is 59.1. The Morgan fingerprint density at radius 2 is 0.811 bits per heavy atom. The topological polar surface area (TPSA) is 225 Å². The van der Waals surface area contributed by atoms with Crippen LogP contribution >= 0.6 is 27.5 Å². The predicted molar refractivity (Wildman–Crippen MR) is 481 cm³/mol. The molecule has 0 spiro atoms. The first kappa shape index (κ1) is 81.2. The quantitative estimate of drug-likeness (QED) is 0.0820. The van der Waals surface area contributed by atoms with Crippen molar-refractivity contribution in [1.29, 1.82) is 0 Å². The van der Waals surface area contributed by atoms with Crippen LogP contribution in [0.4, 0.5) is 0 Å². The zero-order valence-corrected chi connectivity index (χ0v) is 69.7. The molecular weight excluding hydrogens is 1630 g/mol. The second kappa shape index (κ2) is 36.0. The molecule has 0 N–H and O–H groups in total. The van der Waals surface area contributed by atoms with Gasteiger partial charge in [0.05, 0.1) is 7.11 Å². The molecule has 19 aromatic rings. The van der Waals surface area contributed by atoms with Gasteiger partial charge in [0.2, 0.25) is 0 Å². The monoisotopic (exact) mass is 1700 g/mol. The molecule has 0 atom stereocenters. The normalized spacial score (nSPS) is 11.6. The second-order valence-corrected chi connectivity index (χ2v) is 30.7. The van der Waals surface area contributed by atoms with Gasteiger partial charge >= 0.3 is 22.5 Å². The van der Waals surface area contributed by atoms with Gasteiger partial charge in [-0.3, -0.25) is 0 Å². The molecule has 7 aromatic heterocycles. The molecule has 0 amide bonds. The lowest BCUT2D eigenvalue weighted by Gasteiger charge is -2.18. The zero-order chi connectivity index (χ0) is 84.7. The van der Waals surface area contributed by atoms with Gasteiger partial charge in [-0.25, -0.2) is 19.2 Å². The van der Waals surface area contributed by atoms with Crippen molar-refractivity contribution in [2.45, 2.75) is 74.6 Å². The maximum Gasteiger partial charge on any atom is 0.336 e. The Balaban J connectivity index is 0.000000113. The predicted octanol–water partition coefficient (Wildman–Crippen LogP) is 25.6. The summed E-state index contributed by atoms with van der Waals surface area (Å²) in [6.07, 6.45) is 1.92. The Kier molecular flexibility index (Phi) is 23.9. The highest BCUT2D eigenvalue weighted by Gasteiger charge is 2.18. The molecule has 0 aliphatic carbocycles. The van der Waals surface area contributed by atoms with E-state index in [2.05, 4.69) is 77.1 Å². The Morgan fingerprint density at radius 1 is 0.352 bits per heavy atom. The largest absolute Gasteiger partial charge is 0.493 e. The molecule has 8 heterocycles. The van der Waals surface area contributed by atoms with E-state index < -0.39 is 0 Å². The SMILES string of the molecule is C=C1C=C(C)c2ccc(OCc3cc4cc(Cl)ccc4o3)cc2O1.COc1cc(C)cc2cc(COc3ccc4c(C)cc(=O)oc4c3)oc12.Cc1cc(=O)oc2cc(OCc3cc4cc(Br)ccc4o3)ccc12.Cc1cc(=O)oc2cc(OCc3ccc4ccccc4c3)ccc12.Cc1cc(=O)oc2cc(OCc3cccc4ccccc34)ccc12. The lowest BCUT2D eigenvalue weighted by molar-refractivity contribution is 0.273. The number of rotatable bonds is 16. The number of benzene rings is 12. The van der Waals surface area contributed by atoms with Crippen LogP contribution in [0.25, 0.3) is 104 Å². The number of hydrogen-bond donors (Lipinski definition) is 0. The van der Waals surface area contributed by atoms with Gasteiger partial charge in [-0.15, -0.1) is 0 Å². The minimum Gasteiger partial charge on any atom is -0.493 e. The van der Waals surface area contributed by atoms with Gasteiger partial charge in [-0.1, -0.05) is 113 Å². The van der Waals surface area contributed by atoms with Gasteiger partial charge in [0.25, 0.3) is 0 Å². The van der Waals surface area contributed by atoms with Crippen molar-refractivity contribution < 1.29 is 64.1 Å². The summed E-state index contributed by atoms with van der Waals surface area (Å²) >= 11 is 9.44. The van der Waals surface area contributed by atoms with E-state index in [4.69, 9.17) is 75.7 Å². The fourth-order valence-corrected chi connectivity index (χ4v) is 15.0. The van der Waals surface area contributed by atoms with Crippen LogP contribution in [0.1, 0.15) is 68.7 Å². The van der Waals surface area contributed by atoms with Gasteiger partial charge < -0.3 is 64.1 Å². The number of allylic oxidation sites excluding steroid dienone is 2. The minimum absolute atomic E-state index is 0.262. The molecule has 12 aromatic carbocycles. The van der Waals surface area contributed by atoms with Crippen molar-refractivity contribution in [2.24, 2.45) is 0 Å². The maximum atomic E-state index is 11.5. The average molecular weight is 1710 g/mol. The van der Waals surface area contributed by atoms with E-state index >= 15 is 0 Å². The molecule has 18 nitrogen and oxygen atoms in total. The molecule has 122 heavy (non-hydrogen) atoms. The average Bonchev–Trinajstić information content (AvgIpc) is 1.73. The van der Waals surface area contributed by atoms with E-state index in [0.29, 0.717) is 99.6 Å². The van der Waals surface area contributed by atoms with E-state index in [1.807, 2.05) is 211 Å². The summed E-state index contributed by atoms with van der Waals surface area (Å²) < 4.78 is 79.6. The Hall–Kier alpha value is -14.5. The number of aryl methyl sites for hydroxylation is 5. The Labute approximate surface area is 711 Å². The van der Waals surface area contributed by atoms with E-state index in [9.17, 15) is 19.2 Å². The lowest BCUT2D eigenvalue weighted by atomic mass is 10.0. The van der Waals surface area contributed by atoms with E-state index in [1.165, 1.54) is 45.8 Å². The van der Waals surface area contributed by atoms with E-state index in [1.54, 1.807) is 31.4 Å². The number of hydrogen-bond acceptors (Lipinski definition) is 18. The first-order valence-corrected chi connectivity index (χ1v) is 40.2. The molecule has 0 fully saturated rings. The van der Waals surface area contributed by atoms with Crippen molar-refractivity contribution in [1.82, 2.24) is 0 Å². The summed E-state index contributed by atoms with van der Waals surface area (Å²) in [4.78, 5) is 46.1. The van der Waals surface area contributed by atoms with Crippen LogP contribution in [-0.4, -0.2) is 7.11 Å². The summed E-state index contributed by atoms with van der Waals surface area (Å²) in [7, 11) is 1.62. The van der Waals surface area contributed by atoms with Crippen molar-refractivity contribution in [3.05, 3.63) is 398 Å². The highest BCUT2D eigenvalue weighted by Crippen LogP contribution is 2.38. The summed E-state index contributed by atoms with van der Waals surface area (Å²) in [5.74, 6) is 7.57. The number of furan rings is 3.